The van der Waals surface area contributed by atoms with Gasteiger partial charge in [0.15, 0.2) is 0 Å². The Morgan fingerprint density at radius 2 is 2.24 bits per heavy atom. The lowest BCUT2D eigenvalue weighted by atomic mass is 10.0. The largest absolute Gasteiger partial charge is 0.467 e. The first-order chi connectivity index (χ1) is 8.20. The van der Waals surface area contributed by atoms with E-state index in [4.69, 9.17) is 10.3 Å². The maximum Gasteiger partial charge on any atom is 0.125 e. The SMILES string of the molecule is Cc1ccoc1C(Cc1cccc(Br)c1)NN. The highest BCUT2D eigenvalue weighted by atomic mass is 79.9. The molecule has 17 heavy (non-hydrogen) atoms. The molecule has 0 saturated carbocycles. The van der Waals surface area contributed by atoms with E-state index in [1.54, 1.807) is 6.26 Å². The molecule has 2 aromatic rings. The molecule has 0 saturated heterocycles. The van der Waals surface area contributed by atoms with Crippen LogP contribution in [0.2, 0.25) is 0 Å². The van der Waals surface area contributed by atoms with Crippen LogP contribution in [0.5, 0.6) is 0 Å². The molecule has 0 radical (unpaired) electrons. The van der Waals surface area contributed by atoms with Gasteiger partial charge in [0, 0.05) is 4.47 Å². The fourth-order valence-corrected chi connectivity index (χ4v) is 2.32. The van der Waals surface area contributed by atoms with Gasteiger partial charge in [-0.1, -0.05) is 28.1 Å². The number of hydrazine groups is 1. The Hall–Kier alpha value is -1.10. The maximum absolute atomic E-state index is 5.60. The topological polar surface area (TPSA) is 51.2 Å². The molecule has 1 unspecified atom stereocenters. The van der Waals surface area contributed by atoms with Crippen molar-refractivity contribution >= 4 is 15.9 Å². The summed E-state index contributed by atoms with van der Waals surface area (Å²) in [5.41, 5.74) is 5.12. The normalized spacial score (nSPS) is 12.6. The third kappa shape index (κ3) is 2.97. The minimum atomic E-state index is -0.000648. The third-order valence-corrected chi connectivity index (χ3v) is 3.24. The fourth-order valence-electron chi connectivity index (χ4n) is 1.87. The van der Waals surface area contributed by atoms with Gasteiger partial charge >= 0.3 is 0 Å². The quantitative estimate of drug-likeness (QED) is 0.673. The standard InChI is InChI=1S/C13H15BrN2O/c1-9-5-6-17-13(9)12(16-15)8-10-3-2-4-11(14)7-10/h2-7,12,16H,8,15H2,1H3. The molecule has 0 fully saturated rings. The van der Waals surface area contributed by atoms with Crippen LogP contribution in [0.25, 0.3) is 0 Å². The molecular weight excluding hydrogens is 280 g/mol. The van der Waals surface area contributed by atoms with Crippen LogP contribution in [-0.2, 0) is 6.42 Å². The van der Waals surface area contributed by atoms with E-state index in [0.29, 0.717) is 0 Å². The zero-order chi connectivity index (χ0) is 12.3. The first kappa shape index (κ1) is 12.4. The van der Waals surface area contributed by atoms with Crippen molar-refractivity contribution < 1.29 is 4.42 Å². The van der Waals surface area contributed by atoms with Crippen LogP contribution < -0.4 is 11.3 Å². The second-order valence-electron chi connectivity index (χ2n) is 4.02. The van der Waals surface area contributed by atoms with Gasteiger partial charge < -0.3 is 4.42 Å². The number of hydrogen-bond acceptors (Lipinski definition) is 3. The summed E-state index contributed by atoms with van der Waals surface area (Å²) in [5.74, 6) is 6.49. The lowest BCUT2D eigenvalue weighted by Crippen LogP contribution is -2.29. The minimum absolute atomic E-state index is 0.000648. The molecule has 0 bridgehead atoms. The lowest BCUT2D eigenvalue weighted by Gasteiger charge is -2.14. The fraction of sp³-hybridized carbons (Fsp3) is 0.231. The maximum atomic E-state index is 5.60. The van der Waals surface area contributed by atoms with E-state index < -0.39 is 0 Å². The molecule has 1 atom stereocenters. The molecule has 1 aromatic carbocycles. The number of nitrogens with two attached hydrogens (primary N) is 1. The zero-order valence-electron chi connectivity index (χ0n) is 9.61. The summed E-state index contributed by atoms with van der Waals surface area (Å²) >= 11 is 3.46. The van der Waals surface area contributed by atoms with E-state index in [1.165, 1.54) is 5.56 Å². The van der Waals surface area contributed by atoms with Crippen molar-refractivity contribution in [2.45, 2.75) is 19.4 Å². The van der Waals surface area contributed by atoms with Crippen molar-refractivity contribution in [2.75, 3.05) is 0 Å². The number of nitrogens with one attached hydrogen (secondary N) is 1. The predicted molar refractivity (Wildman–Crippen MR) is 71.4 cm³/mol. The molecule has 0 spiro atoms. The Labute approximate surface area is 109 Å². The molecule has 2 rings (SSSR count). The van der Waals surface area contributed by atoms with E-state index in [1.807, 2.05) is 25.1 Å². The van der Waals surface area contributed by atoms with Crippen molar-refractivity contribution in [3.63, 3.8) is 0 Å². The summed E-state index contributed by atoms with van der Waals surface area (Å²) in [6, 6.07) is 10.1. The van der Waals surface area contributed by atoms with Crippen molar-refractivity contribution in [1.82, 2.24) is 5.43 Å². The third-order valence-electron chi connectivity index (χ3n) is 2.75. The number of hydrogen-bond donors (Lipinski definition) is 2. The van der Waals surface area contributed by atoms with Gasteiger partial charge in [0.25, 0.3) is 0 Å². The van der Waals surface area contributed by atoms with Crippen LogP contribution in [0.1, 0.15) is 22.9 Å². The predicted octanol–water partition coefficient (Wildman–Crippen LogP) is 3.10. The smallest absolute Gasteiger partial charge is 0.125 e. The van der Waals surface area contributed by atoms with Crippen LogP contribution in [0.4, 0.5) is 0 Å². The van der Waals surface area contributed by atoms with Crippen molar-refractivity contribution in [3.05, 3.63) is 58.0 Å². The highest BCUT2D eigenvalue weighted by molar-refractivity contribution is 9.10. The van der Waals surface area contributed by atoms with Crippen LogP contribution in [0.3, 0.4) is 0 Å². The molecule has 0 aliphatic carbocycles. The van der Waals surface area contributed by atoms with Gasteiger partial charge in [-0.25, -0.2) is 5.43 Å². The molecule has 3 nitrogen and oxygen atoms in total. The van der Waals surface area contributed by atoms with E-state index in [2.05, 4.69) is 33.5 Å². The minimum Gasteiger partial charge on any atom is -0.467 e. The van der Waals surface area contributed by atoms with E-state index in [-0.39, 0.29) is 6.04 Å². The van der Waals surface area contributed by atoms with Crippen molar-refractivity contribution in [2.24, 2.45) is 5.84 Å². The summed E-state index contributed by atoms with van der Waals surface area (Å²) in [5, 5.41) is 0. The van der Waals surface area contributed by atoms with Crippen LogP contribution in [0, 0.1) is 6.92 Å². The van der Waals surface area contributed by atoms with Gasteiger partial charge in [-0.2, -0.15) is 0 Å². The first-order valence-electron chi connectivity index (χ1n) is 5.45. The van der Waals surface area contributed by atoms with E-state index in [9.17, 15) is 0 Å². The summed E-state index contributed by atoms with van der Waals surface area (Å²) in [6.45, 7) is 2.02. The van der Waals surface area contributed by atoms with Gasteiger partial charge in [-0.3, -0.25) is 5.84 Å². The number of rotatable bonds is 4. The summed E-state index contributed by atoms with van der Waals surface area (Å²) in [7, 11) is 0. The highest BCUT2D eigenvalue weighted by Gasteiger charge is 2.16. The average Bonchev–Trinajstić information content (AvgIpc) is 2.72. The molecule has 0 aliphatic heterocycles. The molecule has 1 heterocycles. The molecular formula is C13H15BrN2O. The lowest BCUT2D eigenvalue weighted by molar-refractivity contribution is 0.413. The number of furan rings is 1. The molecule has 4 heteroatoms. The van der Waals surface area contributed by atoms with Gasteiger partial charge in [0.05, 0.1) is 12.3 Å². The molecule has 0 amide bonds. The van der Waals surface area contributed by atoms with Crippen LogP contribution in [-0.4, -0.2) is 0 Å². The molecule has 3 N–H and O–H groups in total. The molecule has 90 valence electrons. The van der Waals surface area contributed by atoms with Gasteiger partial charge in [0.2, 0.25) is 0 Å². The van der Waals surface area contributed by atoms with Gasteiger partial charge in [-0.15, -0.1) is 0 Å². The number of aryl methyl sites for hydroxylation is 1. The summed E-state index contributed by atoms with van der Waals surface area (Å²) in [4.78, 5) is 0. The van der Waals surface area contributed by atoms with Crippen LogP contribution in [0.15, 0.2) is 45.5 Å². The van der Waals surface area contributed by atoms with Crippen LogP contribution >= 0.6 is 15.9 Å². The highest BCUT2D eigenvalue weighted by Crippen LogP contribution is 2.23. The Morgan fingerprint density at radius 1 is 1.41 bits per heavy atom. The van der Waals surface area contributed by atoms with Crippen molar-refractivity contribution in [3.8, 4) is 0 Å². The summed E-state index contributed by atoms with van der Waals surface area (Å²) in [6.07, 6.45) is 2.49. The van der Waals surface area contributed by atoms with E-state index >= 15 is 0 Å². The average molecular weight is 295 g/mol. The molecule has 1 aromatic heterocycles. The Kier molecular flexibility index (Phi) is 3.99. The number of halogens is 1. The van der Waals surface area contributed by atoms with Crippen molar-refractivity contribution in [1.29, 1.82) is 0 Å². The second-order valence-corrected chi connectivity index (χ2v) is 4.94. The van der Waals surface area contributed by atoms with E-state index in [0.717, 1.165) is 22.2 Å². The monoisotopic (exact) mass is 294 g/mol. The first-order valence-corrected chi connectivity index (χ1v) is 6.24. The summed E-state index contributed by atoms with van der Waals surface area (Å²) < 4.78 is 6.54. The second kappa shape index (κ2) is 5.49. The van der Waals surface area contributed by atoms with Gasteiger partial charge in [-0.05, 0) is 42.7 Å². The Morgan fingerprint density at radius 3 is 2.82 bits per heavy atom. The Bertz CT molecular complexity index is 496. The number of benzene rings is 1. The van der Waals surface area contributed by atoms with Gasteiger partial charge in [0.1, 0.15) is 5.76 Å². The zero-order valence-corrected chi connectivity index (χ0v) is 11.2. The Balaban J connectivity index is 2.19. The molecule has 0 aliphatic rings.